The van der Waals surface area contributed by atoms with E-state index in [1.165, 1.54) is 0 Å². The molecule has 0 aromatic rings. The van der Waals surface area contributed by atoms with Crippen molar-refractivity contribution < 1.29 is 4.92 Å². The van der Waals surface area contributed by atoms with Crippen LogP contribution in [0.25, 0.3) is 0 Å². The van der Waals surface area contributed by atoms with Gasteiger partial charge in [0.1, 0.15) is 0 Å². The number of nitro groups is 1. The highest BCUT2D eigenvalue weighted by atomic mass is 31.0. The molecule has 1 fully saturated rings. The smallest absolute Gasteiger partial charge is 0.287 e. The summed E-state index contributed by atoms with van der Waals surface area (Å²) in [5.41, 5.74) is 0.960. The van der Waals surface area contributed by atoms with E-state index >= 15 is 0 Å². The van der Waals surface area contributed by atoms with Crippen LogP contribution in [0, 0.1) is 10.1 Å². The van der Waals surface area contributed by atoms with E-state index in [0.717, 1.165) is 50.6 Å². The Morgan fingerprint density at radius 1 is 1.48 bits per heavy atom. The van der Waals surface area contributed by atoms with Gasteiger partial charge in [-0.2, -0.15) is 0 Å². The summed E-state index contributed by atoms with van der Waals surface area (Å²) in [6.07, 6.45) is 7.67. The second-order valence-corrected chi connectivity index (χ2v) is 6.17. The fraction of sp³-hybridized carbons (Fsp3) is 0.733. The zero-order valence-corrected chi connectivity index (χ0v) is 14.6. The van der Waals surface area contributed by atoms with Gasteiger partial charge in [0.2, 0.25) is 0 Å². The van der Waals surface area contributed by atoms with E-state index < -0.39 is 0 Å². The van der Waals surface area contributed by atoms with Crippen LogP contribution in [0.15, 0.2) is 23.5 Å². The van der Waals surface area contributed by atoms with Crippen molar-refractivity contribution in [2.45, 2.75) is 39.2 Å². The molecule has 1 saturated heterocycles. The molecule has 1 rings (SSSR count). The highest BCUT2D eigenvalue weighted by molar-refractivity contribution is 7.16. The summed E-state index contributed by atoms with van der Waals surface area (Å²) < 4.78 is 0. The number of allylic oxidation sites excluding steroid dienone is 2. The predicted molar refractivity (Wildman–Crippen MR) is 90.9 cm³/mol. The van der Waals surface area contributed by atoms with Crippen LogP contribution in [0.2, 0.25) is 0 Å². The van der Waals surface area contributed by atoms with E-state index in [4.69, 9.17) is 0 Å². The summed E-state index contributed by atoms with van der Waals surface area (Å²) in [6, 6.07) is 0.398. The third-order valence-electron chi connectivity index (χ3n) is 4.02. The minimum absolute atomic E-state index is 0.215. The monoisotopic (exact) mass is 313 g/mol. The van der Waals surface area contributed by atoms with Crippen molar-refractivity contribution in [2.24, 2.45) is 0 Å². The minimum atomic E-state index is -0.276. The van der Waals surface area contributed by atoms with E-state index in [0.29, 0.717) is 6.04 Å². The predicted octanol–water partition coefficient (Wildman–Crippen LogP) is 2.73. The highest BCUT2D eigenvalue weighted by Crippen LogP contribution is 2.19. The molecule has 0 amide bonds. The van der Waals surface area contributed by atoms with Crippen molar-refractivity contribution in [3.05, 3.63) is 33.7 Å². The zero-order valence-electron chi connectivity index (χ0n) is 13.4. The molecule has 1 atom stereocenters. The van der Waals surface area contributed by atoms with Gasteiger partial charge in [-0.05, 0) is 32.3 Å². The van der Waals surface area contributed by atoms with Crippen LogP contribution in [0.1, 0.15) is 33.1 Å². The largest absolute Gasteiger partial charge is 0.372 e. The van der Waals surface area contributed by atoms with Gasteiger partial charge in [0.05, 0.1) is 11.1 Å². The summed E-state index contributed by atoms with van der Waals surface area (Å²) in [5.74, 6) is 0. The second kappa shape index (κ2) is 9.16. The molecule has 1 aliphatic heterocycles. The van der Waals surface area contributed by atoms with Crippen molar-refractivity contribution in [3.8, 4) is 0 Å². The Hall–Kier alpha value is -0.930. The molecular formula is C15H28N3O2P. The van der Waals surface area contributed by atoms with Crippen molar-refractivity contribution >= 4 is 9.24 Å². The molecule has 0 aliphatic carbocycles. The number of hydrogen-bond acceptors (Lipinski definition) is 4. The number of rotatable bonds is 7. The molecule has 0 bridgehead atoms. The third-order valence-corrected chi connectivity index (χ3v) is 4.27. The van der Waals surface area contributed by atoms with Gasteiger partial charge in [-0.3, -0.25) is 10.1 Å². The minimum Gasteiger partial charge on any atom is -0.372 e. The fourth-order valence-electron chi connectivity index (χ4n) is 2.73. The second-order valence-electron chi connectivity index (χ2n) is 5.59. The molecule has 120 valence electrons. The average Bonchev–Trinajstić information content (AvgIpc) is 2.45. The van der Waals surface area contributed by atoms with Crippen LogP contribution >= 0.6 is 9.24 Å². The SMILES string of the molecule is CC/C=C(C)/C(=C\N(C)C1CCN(CCP)CC1)[N+](=O)[O-]. The quantitative estimate of drug-likeness (QED) is 0.314. The summed E-state index contributed by atoms with van der Waals surface area (Å²) in [6.45, 7) is 7.08. The number of hydrogen-bond donors (Lipinski definition) is 0. The molecule has 0 spiro atoms. The number of likely N-dealkylation sites (tertiary alicyclic amines) is 1. The summed E-state index contributed by atoms with van der Waals surface area (Å²) in [5, 5.41) is 11.2. The third kappa shape index (κ3) is 5.76. The molecule has 0 radical (unpaired) electrons. The van der Waals surface area contributed by atoms with E-state index in [9.17, 15) is 10.1 Å². The standard InChI is InChI=1S/C15H28N3O2P/c1-4-5-13(2)15(18(19)20)12-16(3)14-6-8-17(9-7-14)10-11-21/h5,12,14H,4,6-11,21H2,1-3H3/b13-5+,15-12+. The summed E-state index contributed by atoms with van der Waals surface area (Å²) in [7, 11) is 4.72. The van der Waals surface area contributed by atoms with Crippen LogP contribution in [0.5, 0.6) is 0 Å². The van der Waals surface area contributed by atoms with E-state index in [-0.39, 0.29) is 10.6 Å². The Kier molecular flexibility index (Phi) is 7.91. The Balaban J connectivity index is 2.69. The van der Waals surface area contributed by atoms with Gasteiger partial charge in [0, 0.05) is 38.3 Å². The van der Waals surface area contributed by atoms with Crippen LogP contribution in [0.3, 0.4) is 0 Å². The maximum Gasteiger partial charge on any atom is 0.287 e. The number of piperidine rings is 1. The zero-order chi connectivity index (χ0) is 15.8. The molecule has 6 heteroatoms. The first-order valence-corrected chi connectivity index (χ1v) is 8.48. The molecule has 1 aliphatic rings. The van der Waals surface area contributed by atoms with Crippen LogP contribution in [0.4, 0.5) is 0 Å². The van der Waals surface area contributed by atoms with Crippen molar-refractivity contribution in [2.75, 3.05) is 32.8 Å². The summed E-state index contributed by atoms with van der Waals surface area (Å²) >= 11 is 0. The lowest BCUT2D eigenvalue weighted by Gasteiger charge is -2.36. The van der Waals surface area contributed by atoms with Crippen molar-refractivity contribution in [1.29, 1.82) is 0 Å². The molecule has 0 N–H and O–H groups in total. The maximum absolute atomic E-state index is 11.2. The first-order chi connectivity index (χ1) is 9.99. The Morgan fingerprint density at radius 2 is 2.10 bits per heavy atom. The Morgan fingerprint density at radius 3 is 2.57 bits per heavy atom. The van der Waals surface area contributed by atoms with Crippen LogP contribution in [-0.2, 0) is 0 Å². The normalized spacial score (nSPS) is 18.9. The van der Waals surface area contributed by atoms with E-state index in [1.54, 1.807) is 6.20 Å². The molecule has 1 unspecified atom stereocenters. The molecule has 0 aromatic carbocycles. The van der Waals surface area contributed by atoms with Crippen LogP contribution < -0.4 is 0 Å². The molecular weight excluding hydrogens is 285 g/mol. The molecule has 21 heavy (non-hydrogen) atoms. The Labute approximate surface area is 130 Å². The van der Waals surface area contributed by atoms with Crippen molar-refractivity contribution in [1.82, 2.24) is 9.80 Å². The lowest BCUT2D eigenvalue weighted by molar-refractivity contribution is -0.421. The van der Waals surface area contributed by atoms with Gasteiger partial charge in [-0.25, -0.2) is 0 Å². The van der Waals surface area contributed by atoms with Gasteiger partial charge >= 0.3 is 0 Å². The molecule has 0 aromatic heterocycles. The van der Waals surface area contributed by atoms with Gasteiger partial charge in [0.15, 0.2) is 0 Å². The highest BCUT2D eigenvalue weighted by Gasteiger charge is 2.23. The van der Waals surface area contributed by atoms with E-state index in [1.807, 2.05) is 31.9 Å². The van der Waals surface area contributed by atoms with E-state index in [2.05, 4.69) is 14.1 Å². The lowest BCUT2D eigenvalue weighted by Crippen LogP contribution is -2.42. The van der Waals surface area contributed by atoms with Gasteiger partial charge in [-0.15, -0.1) is 9.24 Å². The van der Waals surface area contributed by atoms with Crippen LogP contribution in [-0.4, -0.2) is 53.6 Å². The lowest BCUT2D eigenvalue weighted by atomic mass is 10.0. The maximum atomic E-state index is 11.2. The summed E-state index contributed by atoms with van der Waals surface area (Å²) in [4.78, 5) is 15.4. The molecule has 0 saturated carbocycles. The van der Waals surface area contributed by atoms with Gasteiger partial charge in [-0.1, -0.05) is 13.0 Å². The molecule has 5 nitrogen and oxygen atoms in total. The topological polar surface area (TPSA) is 49.6 Å². The van der Waals surface area contributed by atoms with Gasteiger partial charge in [0.25, 0.3) is 5.70 Å². The first-order valence-electron chi connectivity index (χ1n) is 7.67. The first kappa shape index (κ1) is 18.1. The number of nitrogens with zero attached hydrogens (tertiary/aromatic N) is 3. The van der Waals surface area contributed by atoms with Gasteiger partial charge < -0.3 is 9.80 Å². The average molecular weight is 313 g/mol. The Bertz CT molecular complexity index is 402. The van der Waals surface area contributed by atoms with Crippen molar-refractivity contribution in [3.63, 3.8) is 0 Å². The molecule has 1 heterocycles. The fourth-order valence-corrected chi connectivity index (χ4v) is 3.10.